The topological polar surface area (TPSA) is 41.4 Å². The Balaban J connectivity index is 2.17. The van der Waals surface area contributed by atoms with Crippen LogP contribution in [0.3, 0.4) is 0 Å². The second kappa shape index (κ2) is 6.58. The minimum atomic E-state index is 0.0450. The van der Waals surface area contributed by atoms with Crippen LogP contribution >= 0.6 is 15.9 Å². The van der Waals surface area contributed by atoms with Gasteiger partial charge in [-0.25, -0.2) is 4.98 Å². The summed E-state index contributed by atoms with van der Waals surface area (Å²) >= 11 is 3.36. The monoisotopic (exact) mass is 352 g/mol. The van der Waals surface area contributed by atoms with Crippen LogP contribution in [0.1, 0.15) is 16.9 Å². The molecule has 0 aliphatic rings. The van der Waals surface area contributed by atoms with Gasteiger partial charge in [-0.1, -0.05) is 0 Å². The highest BCUT2D eigenvalue weighted by molar-refractivity contribution is 9.10. The van der Waals surface area contributed by atoms with Crippen LogP contribution in [-0.4, -0.2) is 59.5 Å². The van der Waals surface area contributed by atoms with Gasteiger partial charge in [-0.2, -0.15) is 0 Å². The fraction of sp³-hybridized carbons (Fsp3) is 0.467. The van der Waals surface area contributed by atoms with Crippen molar-refractivity contribution in [1.29, 1.82) is 0 Å². The molecule has 0 radical (unpaired) electrons. The zero-order valence-corrected chi connectivity index (χ0v) is 14.5. The van der Waals surface area contributed by atoms with Crippen LogP contribution in [0, 0.1) is 0 Å². The second-order valence-electron chi connectivity index (χ2n) is 5.54. The lowest BCUT2D eigenvalue weighted by Crippen LogP contribution is -2.30. The Kier molecular flexibility index (Phi) is 5.00. The van der Waals surface area contributed by atoms with Crippen molar-refractivity contribution < 1.29 is 4.79 Å². The van der Waals surface area contributed by atoms with Crippen LogP contribution in [-0.2, 0) is 7.05 Å². The largest absolute Gasteiger partial charge is 0.340 e. The van der Waals surface area contributed by atoms with E-state index in [1.165, 1.54) is 0 Å². The summed E-state index contributed by atoms with van der Waals surface area (Å²) in [6.07, 6.45) is 2.74. The summed E-state index contributed by atoms with van der Waals surface area (Å²) in [4.78, 5) is 20.7. The summed E-state index contributed by atoms with van der Waals surface area (Å²) in [5.41, 5.74) is 1.65. The van der Waals surface area contributed by atoms with Crippen molar-refractivity contribution in [3.05, 3.63) is 28.6 Å². The Hall–Kier alpha value is -1.40. The molecule has 0 bridgehead atoms. The maximum absolute atomic E-state index is 12.6. The van der Waals surface area contributed by atoms with E-state index in [0.717, 1.165) is 35.0 Å². The normalized spacial score (nSPS) is 11.3. The van der Waals surface area contributed by atoms with Gasteiger partial charge in [-0.05, 0) is 55.1 Å². The molecule has 0 aliphatic carbocycles. The molecule has 6 heteroatoms. The van der Waals surface area contributed by atoms with Gasteiger partial charge < -0.3 is 14.4 Å². The lowest BCUT2D eigenvalue weighted by atomic mass is 10.3. The molecule has 0 saturated carbocycles. The Morgan fingerprint density at radius 3 is 2.67 bits per heavy atom. The lowest BCUT2D eigenvalue weighted by molar-refractivity contribution is 0.0782. The van der Waals surface area contributed by atoms with Gasteiger partial charge in [0, 0.05) is 26.0 Å². The van der Waals surface area contributed by atoms with Crippen molar-refractivity contribution in [2.45, 2.75) is 6.42 Å². The Morgan fingerprint density at radius 2 is 2.00 bits per heavy atom. The van der Waals surface area contributed by atoms with Crippen LogP contribution in [0.15, 0.2) is 22.9 Å². The van der Waals surface area contributed by atoms with Crippen LogP contribution in [0.4, 0.5) is 0 Å². The predicted octanol–water partition coefficient (Wildman–Crippen LogP) is 2.36. The van der Waals surface area contributed by atoms with Crippen molar-refractivity contribution in [3.63, 3.8) is 0 Å². The van der Waals surface area contributed by atoms with E-state index >= 15 is 0 Å². The number of aryl methyl sites for hydroxylation is 1. The van der Waals surface area contributed by atoms with Crippen LogP contribution in [0.2, 0.25) is 0 Å². The SMILES string of the molecule is CN(C)CCCN(C)C(=O)c1cc2cc(Br)ncc2n1C. The molecule has 0 aliphatic heterocycles. The first-order valence-corrected chi connectivity index (χ1v) is 7.70. The van der Waals surface area contributed by atoms with Crippen LogP contribution in [0.5, 0.6) is 0 Å². The summed E-state index contributed by atoms with van der Waals surface area (Å²) in [5.74, 6) is 0.0450. The quantitative estimate of drug-likeness (QED) is 0.775. The maximum Gasteiger partial charge on any atom is 0.270 e. The van der Waals surface area contributed by atoms with E-state index < -0.39 is 0 Å². The van der Waals surface area contributed by atoms with E-state index in [9.17, 15) is 4.79 Å². The molecule has 2 aromatic heterocycles. The van der Waals surface area contributed by atoms with E-state index in [1.807, 2.05) is 44.9 Å². The Labute approximate surface area is 133 Å². The van der Waals surface area contributed by atoms with Crippen molar-refractivity contribution in [2.75, 3.05) is 34.2 Å². The maximum atomic E-state index is 12.6. The van der Waals surface area contributed by atoms with Crippen LogP contribution in [0.25, 0.3) is 10.9 Å². The van der Waals surface area contributed by atoms with Crippen molar-refractivity contribution in [3.8, 4) is 0 Å². The molecule has 1 amide bonds. The first-order valence-electron chi connectivity index (χ1n) is 6.91. The first kappa shape index (κ1) is 16.0. The average molecular weight is 353 g/mol. The molecule has 114 valence electrons. The number of fused-ring (bicyclic) bond motifs is 1. The van der Waals surface area contributed by atoms with Gasteiger partial charge in [0.05, 0.1) is 11.7 Å². The fourth-order valence-corrected chi connectivity index (χ4v) is 2.68. The number of carbonyl (C=O) groups is 1. The number of halogens is 1. The number of aromatic nitrogens is 2. The predicted molar refractivity (Wildman–Crippen MR) is 88.5 cm³/mol. The number of hydrogen-bond acceptors (Lipinski definition) is 3. The van der Waals surface area contributed by atoms with Gasteiger partial charge in [0.15, 0.2) is 0 Å². The van der Waals surface area contributed by atoms with Gasteiger partial charge >= 0.3 is 0 Å². The Bertz CT molecular complexity index is 650. The van der Waals surface area contributed by atoms with Gasteiger partial charge in [-0.3, -0.25) is 4.79 Å². The standard InChI is InChI=1S/C15H21BrN4O/c1-18(2)6-5-7-19(3)15(21)12-8-11-9-14(16)17-10-13(11)20(12)4/h8-10H,5-7H2,1-4H3. The number of pyridine rings is 1. The van der Waals surface area contributed by atoms with Gasteiger partial charge in [0.25, 0.3) is 5.91 Å². The third-order valence-electron chi connectivity index (χ3n) is 3.56. The number of rotatable bonds is 5. The molecule has 2 rings (SSSR count). The third kappa shape index (κ3) is 3.63. The van der Waals surface area contributed by atoms with Crippen molar-refractivity contribution in [2.24, 2.45) is 7.05 Å². The zero-order chi connectivity index (χ0) is 15.6. The van der Waals surface area contributed by atoms with E-state index in [1.54, 1.807) is 11.1 Å². The summed E-state index contributed by atoms with van der Waals surface area (Å²) in [5, 5.41) is 1.02. The smallest absolute Gasteiger partial charge is 0.270 e. The minimum Gasteiger partial charge on any atom is -0.340 e. The van der Waals surface area contributed by atoms with Crippen molar-refractivity contribution >= 4 is 32.7 Å². The number of amides is 1. The third-order valence-corrected chi connectivity index (χ3v) is 3.99. The van der Waals surface area contributed by atoms with Crippen LogP contribution < -0.4 is 0 Å². The Morgan fingerprint density at radius 1 is 1.29 bits per heavy atom. The lowest BCUT2D eigenvalue weighted by Gasteiger charge is -2.18. The molecule has 2 heterocycles. The molecule has 5 nitrogen and oxygen atoms in total. The zero-order valence-electron chi connectivity index (χ0n) is 12.9. The summed E-state index contributed by atoms with van der Waals surface area (Å²) in [6, 6.07) is 3.85. The van der Waals surface area contributed by atoms with Gasteiger partial charge in [-0.15, -0.1) is 0 Å². The van der Waals surface area contributed by atoms with E-state index in [4.69, 9.17) is 0 Å². The number of nitrogens with zero attached hydrogens (tertiary/aromatic N) is 4. The molecule has 0 spiro atoms. The molecule has 0 aromatic carbocycles. The van der Waals surface area contributed by atoms with Gasteiger partial charge in [0.1, 0.15) is 10.3 Å². The molecule has 0 atom stereocenters. The van der Waals surface area contributed by atoms with Crippen molar-refractivity contribution in [1.82, 2.24) is 19.4 Å². The summed E-state index contributed by atoms with van der Waals surface area (Å²) < 4.78 is 2.68. The highest BCUT2D eigenvalue weighted by Crippen LogP contribution is 2.21. The second-order valence-corrected chi connectivity index (χ2v) is 6.35. The van der Waals surface area contributed by atoms with E-state index in [0.29, 0.717) is 5.69 Å². The molecular formula is C15H21BrN4O. The fourth-order valence-electron chi connectivity index (χ4n) is 2.33. The van der Waals surface area contributed by atoms with E-state index in [-0.39, 0.29) is 5.91 Å². The molecular weight excluding hydrogens is 332 g/mol. The molecule has 0 fully saturated rings. The summed E-state index contributed by atoms with van der Waals surface area (Å²) in [7, 11) is 7.83. The number of carbonyl (C=O) groups excluding carboxylic acids is 1. The highest BCUT2D eigenvalue weighted by atomic mass is 79.9. The molecule has 0 N–H and O–H groups in total. The molecule has 2 aromatic rings. The highest BCUT2D eigenvalue weighted by Gasteiger charge is 2.17. The summed E-state index contributed by atoms with van der Waals surface area (Å²) in [6.45, 7) is 1.73. The molecule has 0 unspecified atom stereocenters. The molecule has 0 saturated heterocycles. The first-order chi connectivity index (χ1) is 9.90. The van der Waals surface area contributed by atoms with E-state index in [2.05, 4.69) is 25.8 Å². The van der Waals surface area contributed by atoms with Gasteiger partial charge in [0.2, 0.25) is 0 Å². The average Bonchev–Trinajstić information content (AvgIpc) is 2.74. The minimum absolute atomic E-state index is 0.0450. The molecule has 21 heavy (non-hydrogen) atoms. The number of hydrogen-bond donors (Lipinski definition) is 0.